The van der Waals surface area contributed by atoms with Crippen molar-refractivity contribution in [3.63, 3.8) is 0 Å². The van der Waals surface area contributed by atoms with Gasteiger partial charge in [-0.3, -0.25) is 4.79 Å². The predicted molar refractivity (Wildman–Crippen MR) is 136 cm³/mol. The lowest BCUT2D eigenvalue weighted by Crippen LogP contribution is -2.58. The van der Waals surface area contributed by atoms with Crippen LogP contribution in [0, 0.1) is 50.7 Å². The summed E-state index contributed by atoms with van der Waals surface area (Å²) in [5.41, 5.74) is 2.99. The van der Waals surface area contributed by atoms with Crippen LogP contribution in [0.2, 0.25) is 0 Å². The van der Waals surface area contributed by atoms with Gasteiger partial charge in [0.2, 0.25) is 0 Å². The molecule has 33 heavy (non-hydrogen) atoms. The number of allylic oxidation sites excluding steroid dienone is 2. The van der Waals surface area contributed by atoms with E-state index in [2.05, 4.69) is 54.5 Å². The molecule has 0 N–H and O–H groups in total. The van der Waals surface area contributed by atoms with Crippen molar-refractivity contribution in [3.8, 4) is 0 Å². The van der Waals surface area contributed by atoms with Gasteiger partial charge in [0.15, 0.2) is 0 Å². The molecule has 0 aromatic rings. The fraction of sp³-hybridized carbons (Fsp3) is 0.903. The fourth-order valence-corrected chi connectivity index (χ4v) is 11.2. The number of carbonyl (C=O) groups is 1. The maximum absolute atomic E-state index is 12.9. The topological polar surface area (TPSA) is 26.3 Å². The number of Topliss-reactive ketones (excluding diaryl/α,β-unsaturated/α-hetero) is 1. The molecule has 0 radical (unpaired) electrons. The molecule has 0 amide bonds. The van der Waals surface area contributed by atoms with E-state index in [1.54, 1.807) is 5.57 Å². The second-order valence-corrected chi connectivity index (χ2v) is 14.9. The maximum Gasteiger partial charge on any atom is 0.138 e. The van der Waals surface area contributed by atoms with Gasteiger partial charge in [0.05, 0.1) is 6.10 Å². The Morgan fingerprint density at radius 2 is 1.55 bits per heavy atom. The van der Waals surface area contributed by atoms with Crippen LogP contribution in [0.5, 0.6) is 0 Å². The molecule has 186 valence electrons. The van der Waals surface area contributed by atoms with Crippen LogP contribution in [0.25, 0.3) is 0 Å². The Kier molecular flexibility index (Phi) is 5.43. The second-order valence-electron chi connectivity index (χ2n) is 14.9. The first-order chi connectivity index (χ1) is 15.3. The molecule has 5 aliphatic carbocycles. The summed E-state index contributed by atoms with van der Waals surface area (Å²) in [6.45, 7) is 17.4. The first kappa shape index (κ1) is 24.1. The summed E-state index contributed by atoms with van der Waals surface area (Å²) in [6.07, 6.45) is 15.3. The molecule has 2 nitrogen and oxygen atoms in total. The van der Waals surface area contributed by atoms with E-state index in [0.717, 1.165) is 31.1 Å². The Hall–Kier alpha value is -0.630. The minimum absolute atomic E-state index is 0.169. The van der Waals surface area contributed by atoms with Gasteiger partial charge >= 0.3 is 0 Å². The van der Waals surface area contributed by atoms with E-state index in [-0.39, 0.29) is 10.8 Å². The van der Waals surface area contributed by atoms with Crippen LogP contribution >= 0.6 is 0 Å². The van der Waals surface area contributed by atoms with Gasteiger partial charge < -0.3 is 4.74 Å². The maximum atomic E-state index is 12.9. The van der Waals surface area contributed by atoms with Crippen LogP contribution in [0.15, 0.2) is 11.6 Å². The number of hydrogen-bond acceptors (Lipinski definition) is 2. The highest BCUT2D eigenvalue weighted by molar-refractivity contribution is 5.85. The fourth-order valence-electron chi connectivity index (χ4n) is 11.2. The normalized spacial score (nSPS) is 50.7. The van der Waals surface area contributed by atoms with E-state index in [1.807, 2.05) is 7.11 Å². The second kappa shape index (κ2) is 7.44. The monoisotopic (exact) mass is 454 g/mol. The minimum Gasteiger partial charge on any atom is -0.381 e. The van der Waals surface area contributed by atoms with Gasteiger partial charge in [-0.15, -0.1) is 0 Å². The number of fused-ring (bicyclic) bond motifs is 6. The van der Waals surface area contributed by atoms with Crippen LogP contribution < -0.4 is 0 Å². The van der Waals surface area contributed by atoms with Crippen molar-refractivity contribution in [1.29, 1.82) is 0 Å². The summed E-state index contributed by atoms with van der Waals surface area (Å²) in [5.74, 6) is 3.24. The first-order valence-electron chi connectivity index (χ1n) is 14.1. The molecule has 2 heteroatoms. The number of methoxy groups -OCH3 is 1. The Bertz CT molecular complexity index is 851. The molecule has 4 saturated carbocycles. The summed E-state index contributed by atoms with van der Waals surface area (Å²) in [5, 5.41) is 0. The molecule has 4 fully saturated rings. The van der Waals surface area contributed by atoms with Crippen molar-refractivity contribution in [2.24, 2.45) is 50.7 Å². The summed E-state index contributed by atoms with van der Waals surface area (Å²) < 4.78 is 6.03. The summed E-state index contributed by atoms with van der Waals surface area (Å²) >= 11 is 0. The molecule has 0 saturated heterocycles. The van der Waals surface area contributed by atoms with Gasteiger partial charge in [-0.1, -0.05) is 60.1 Å². The molecule has 0 unspecified atom stereocenters. The van der Waals surface area contributed by atoms with Gasteiger partial charge in [-0.05, 0) is 103 Å². The molecular formula is C31H50O2. The number of ketones is 1. The van der Waals surface area contributed by atoms with Crippen molar-refractivity contribution in [2.45, 2.75) is 119 Å². The highest BCUT2D eigenvalue weighted by atomic mass is 16.5. The lowest BCUT2D eigenvalue weighted by atomic mass is 9.42. The third-order valence-corrected chi connectivity index (χ3v) is 12.9. The van der Waals surface area contributed by atoms with Crippen molar-refractivity contribution in [2.75, 3.05) is 7.11 Å². The highest BCUT2D eigenvalue weighted by Crippen LogP contribution is 2.70. The number of ether oxygens (including phenoxy) is 1. The average molecular weight is 455 g/mol. The van der Waals surface area contributed by atoms with Crippen LogP contribution in [-0.4, -0.2) is 19.0 Å². The summed E-state index contributed by atoms with van der Waals surface area (Å²) in [7, 11) is 1.93. The van der Waals surface area contributed by atoms with Gasteiger partial charge in [-0.25, -0.2) is 0 Å². The van der Waals surface area contributed by atoms with E-state index in [1.165, 1.54) is 44.9 Å². The molecule has 0 heterocycles. The van der Waals surface area contributed by atoms with Crippen LogP contribution in [0.3, 0.4) is 0 Å². The number of hydrogen-bond donors (Lipinski definition) is 0. The molecule has 0 aromatic carbocycles. The molecule has 0 bridgehead atoms. The van der Waals surface area contributed by atoms with Crippen molar-refractivity contribution < 1.29 is 9.53 Å². The van der Waals surface area contributed by atoms with Crippen molar-refractivity contribution in [1.82, 2.24) is 0 Å². The quantitative estimate of drug-likeness (QED) is 0.375. The Labute approximate surface area is 203 Å². The molecule has 5 rings (SSSR count). The first-order valence-corrected chi connectivity index (χ1v) is 14.1. The average Bonchev–Trinajstić information content (AvgIpc) is 2.88. The van der Waals surface area contributed by atoms with Crippen LogP contribution in [-0.2, 0) is 9.53 Å². The number of rotatable bonds is 1. The minimum atomic E-state index is -0.169. The molecule has 0 aromatic heterocycles. The molecular weight excluding hydrogens is 404 g/mol. The highest BCUT2D eigenvalue weighted by Gasteiger charge is 2.63. The zero-order valence-corrected chi connectivity index (χ0v) is 22.9. The predicted octanol–water partition coefficient (Wildman–Crippen LogP) is 8.00. The van der Waals surface area contributed by atoms with Crippen LogP contribution in [0.1, 0.15) is 113 Å². The Morgan fingerprint density at radius 1 is 0.818 bits per heavy atom. The Balaban J connectivity index is 1.50. The molecule has 0 aliphatic heterocycles. The van der Waals surface area contributed by atoms with Gasteiger partial charge in [0.1, 0.15) is 5.78 Å². The van der Waals surface area contributed by atoms with E-state index in [9.17, 15) is 4.79 Å². The standard InChI is InChI=1S/C31H50O2/c1-27(2)22-11-9-20-19-29(5)16-13-23-28(3,4)26(33-8)15-18-31(23,7)24(29)12-10-21(20)30(22,6)17-14-25(27)32/h9,21-24,26H,10-19H2,1-8H3/t21-,22-,23-,24+,26+,29+,30-,31-/m1/s1. The Morgan fingerprint density at radius 3 is 2.24 bits per heavy atom. The third kappa shape index (κ3) is 3.17. The molecule has 5 aliphatic rings. The van der Waals surface area contributed by atoms with Crippen molar-refractivity contribution in [3.05, 3.63) is 11.6 Å². The van der Waals surface area contributed by atoms with E-state index < -0.39 is 0 Å². The zero-order chi connectivity index (χ0) is 24.0. The van der Waals surface area contributed by atoms with Gasteiger partial charge in [0, 0.05) is 18.9 Å². The number of carbonyl (C=O) groups excluding carboxylic acids is 1. The van der Waals surface area contributed by atoms with E-state index in [4.69, 9.17) is 4.74 Å². The van der Waals surface area contributed by atoms with E-state index >= 15 is 0 Å². The largest absolute Gasteiger partial charge is 0.381 e. The third-order valence-electron chi connectivity index (χ3n) is 12.9. The van der Waals surface area contributed by atoms with Gasteiger partial charge in [0.25, 0.3) is 0 Å². The molecule has 0 spiro atoms. The van der Waals surface area contributed by atoms with Crippen LogP contribution in [0.4, 0.5) is 0 Å². The SMILES string of the molecule is CO[C@H]1CC[C@]2(C)[C@H](CC[C@@]3(C)CC4=CC[C@@H]5C(C)(C)C(=O)CC[C@]5(C)[C@@H]4CC[C@@H]32)C1(C)C. The zero-order valence-electron chi connectivity index (χ0n) is 22.9. The van der Waals surface area contributed by atoms with Crippen molar-refractivity contribution >= 4 is 5.78 Å². The lowest BCUT2D eigenvalue weighted by Gasteiger charge is -2.64. The van der Waals surface area contributed by atoms with E-state index in [0.29, 0.717) is 40.0 Å². The molecule has 8 atom stereocenters. The summed E-state index contributed by atoms with van der Waals surface area (Å²) in [6, 6.07) is 0. The summed E-state index contributed by atoms with van der Waals surface area (Å²) in [4.78, 5) is 12.9. The lowest BCUT2D eigenvalue weighted by molar-refractivity contribution is -0.177. The van der Waals surface area contributed by atoms with Gasteiger partial charge in [-0.2, -0.15) is 0 Å². The smallest absolute Gasteiger partial charge is 0.138 e.